The number of carbonyl (C=O) groups excluding carboxylic acids is 2. The Kier molecular flexibility index (Phi) is 4.39. The first-order chi connectivity index (χ1) is 10.5. The summed E-state index contributed by atoms with van der Waals surface area (Å²) in [5, 5.41) is 3.73. The largest absolute Gasteiger partial charge is 0.353 e. The number of nitrogens with zero attached hydrogens (tertiary/aromatic N) is 1. The summed E-state index contributed by atoms with van der Waals surface area (Å²) >= 11 is 6.14. The highest BCUT2D eigenvalue weighted by atomic mass is 35.5. The number of amides is 2. The fraction of sp³-hybridized carbons (Fsp3) is 0.529. The normalized spacial score (nSPS) is 22.4. The minimum atomic E-state index is -0.256. The number of carbonyl (C=O) groups is 2. The first-order valence-corrected chi connectivity index (χ1v) is 8.29. The first-order valence-electron chi connectivity index (χ1n) is 7.91. The van der Waals surface area contributed by atoms with Gasteiger partial charge in [0.05, 0.1) is 5.92 Å². The van der Waals surface area contributed by atoms with Gasteiger partial charge in [-0.3, -0.25) is 9.59 Å². The van der Waals surface area contributed by atoms with Gasteiger partial charge in [-0.15, -0.1) is 0 Å². The van der Waals surface area contributed by atoms with E-state index in [1.165, 1.54) is 12.8 Å². The summed E-state index contributed by atoms with van der Waals surface area (Å²) in [7, 11) is 0. The number of rotatable bonds is 3. The van der Waals surface area contributed by atoms with Gasteiger partial charge in [0.15, 0.2) is 0 Å². The minimum Gasteiger partial charge on any atom is -0.353 e. The van der Waals surface area contributed by atoms with Gasteiger partial charge in [0, 0.05) is 29.7 Å². The van der Waals surface area contributed by atoms with Crippen molar-refractivity contribution in [3.05, 3.63) is 28.8 Å². The molecular formula is C17H21ClN2O2. The molecule has 5 heteroatoms. The van der Waals surface area contributed by atoms with Crippen molar-refractivity contribution in [2.24, 2.45) is 5.92 Å². The van der Waals surface area contributed by atoms with Crippen molar-refractivity contribution in [3.63, 3.8) is 0 Å². The summed E-state index contributed by atoms with van der Waals surface area (Å²) in [4.78, 5) is 26.2. The molecule has 1 saturated carbocycles. The molecule has 3 rings (SSSR count). The predicted octanol–water partition coefficient (Wildman–Crippen LogP) is 3.06. The summed E-state index contributed by atoms with van der Waals surface area (Å²) in [6, 6.07) is 5.88. The van der Waals surface area contributed by atoms with Crippen LogP contribution in [0.15, 0.2) is 18.2 Å². The van der Waals surface area contributed by atoms with Crippen molar-refractivity contribution in [1.82, 2.24) is 5.32 Å². The van der Waals surface area contributed by atoms with Gasteiger partial charge in [0.1, 0.15) is 0 Å². The van der Waals surface area contributed by atoms with Crippen molar-refractivity contribution >= 4 is 29.1 Å². The van der Waals surface area contributed by atoms with E-state index in [2.05, 4.69) is 5.32 Å². The fourth-order valence-electron chi connectivity index (χ4n) is 3.27. The van der Waals surface area contributed by atoms with Gasteiger partial charge in [0.25, 0.3) is 0 Å². The smallest absolute Gasteiger partial charge is 0.227 e. The van der Waals surface area contributed by atoms with Crippen molar-refractivity contribution in [2.75, 3.05) is 11.4 Å². The van der Waals surface area contributed by atoms with Crippen LogP contribution in [0.2, 0.25) is 5.02 Å². The zero-order valence-electron chi connectivity index (χ0n) is 12.8. The molecule has 1 aromatic carbocycles. The van der Waals surface area contributed by atoms with Gasteiger partial charge in [-0.2, -0.15) is 0 Å². The van der Waals surface area contributed by atoms with E-state index in [1.807, 2.05) is 19.1 Å². The quantitative estimate of drug-likeness (QED) is 0.930. The van der Waals surface area contributed by atoms with Crippen molar-refractivity contribution in [1.29, 1.82) is 0 Å². The highest BCUT2D eigenvalue weighted by Crippen LogP contribution is 2.29. The van der Waals surface area contributed by atoms with Gasteiger partial charge in [-0.05, 0) is 37.5 Å². The molecule has 0 bridgehead atoms. The SMILES string of the molecule is Cc1ccc(N2C[C@H](C(=O)NC3CCCC3)CC2=O)cc1Cl. The number of nitrogens with one attached hydrogen (secondary N) is 1. The molecule has 1 aliphatic carbocycles. The monoisotopic (exact) mass is 320 g/mol. The number of benzene rings is 1. The first kappa shape index (κ1) is 15.3. The molecule has 22 heavy (non-hydrogen) atoms. The Hall–Kier alpha value is -1.55. The molecule has 4 nitrogen and oxygen atoms in total. The maximum absolute atomic E-state index is 12.3. The molecule has 2 aliphatic rings. The Balaban J connectivity index is 1.67. The van der Waals surface area contributed by atoms with Crippen molar-refractivity contribution in [3.8, 4) is 0 Å². The zero-order chi connectivity index (χ0) is 15.7. The number of halogens is 1. The summed E-state index contributed by atoms with van der Waals surface area (Å²) in [5.41, 5.74) is 1.75. The summed E-state index contributed by atoms with van der Waals surface area (Å²) < 4.78 is 0. The van der Waals surface area contributed by atoms with Crippen LogP contribution in [-0.4, -0.2) is 24.4 Å². The molecule has 1 saturated heterocycles. The Labute approximate surface area is 135 Å². The molecule has 1 atom stereocenters. The Morgan fingerprint density at radius 1 is 1.32 bits per heavy atom. The number of hydrogen-bond donors (Lipinski definition) is 1. The summed E-state index contributed by atoms with van der Waals surface area (Å²) in [5.74, 6) is -0.249. The average Bonchev–Trinajstić information content (AvgIpc) is 3.11. The number of aryl methyl sites for hydroxylation is 1. The molecule has 118 valence electrons. The van der Waals surface area contributed by atoms with Crippen LogP contribution in [0.4, 0.5) is 5.69 Å². The van der Waals surface area contributed by atoms with Gasteiger partial charge in [-0.1, -0.05) is 30.5 Å². The van der Waals surface area contributed by atoms with Crippen LogP contribution in [0.3, 0.4) is 0 Å². The lowest BCUT2D eigenvalue weighted by Crippen LogP contribution is -2.38. The second kappa shape index (κ2) is 6.29. The number of hydrogen-bond acceptors (Lipinski definition) is 2. The van der Waals surface area contributed by atoms with E-state index in [0.29, 0.717) is 17.6 Å². The third-order valence-corrected chi connectivity index (χ3v) is 5.07. The summed E-state index contributed by atoms with van der Waals surface area (Å²) in [6.07, 6.45) is 4.77. The van der Waals surface area contributed by atoms with Gasteiger partial charge >= 0.3 is 0 Å². The van der Waals surface area contributed by atoms with E-state index in [0.717, 1.165) is 24.1 Å². The lowest BCUT2D eigenvalue weighted by Gasteiger charge is -2.18. The molecule has 2 fully saturated rings. The van der Waals surface area contributed by atoms with E-state index >= 15 is 0 Å². The van der Waals surface area contributed by atoms with Crippen molar-refractivity contribution < 1.29 is 9.59 Å². The highest BCUT2D eigenvalue weighted by Gasteiger charge is 2.36. The predicted molar refractivity (Wildman–Crippen MR) is 87.0 cm³/mol. The molecule has 0 unspecified atom stereocenters. The van der Waals surface area contributed by atoms with Crippen LogP contribution < -0.4 is 10.2 Å². The molecule has 1 aromatic rings. The zero-order valence-corrected chi connectivity index (χ0v) is 13.5. The summed E-state index contributed by atoms with van der Waals surface area (Å²) in [6.45, 7) is 2.37. The van der Waals surface area contributed by atoms with Crippen LogP contribution in [0.5, 0.6) is 0 Å². The second-order valence-corrected chi connectivity index (χ2v) is 6.74. The standard InChI is InChI=1S/C17H21ClN2O2/c1-11-6-7-14(9-15(11)18)20-10-12(8-16(20)21)17(22)19-13-4-2-3-5-13/h6-7,9,12-13H,2-5,8,10H2,1H3,(H,19,22)/t12-/m1/s1. The van der Waals surface area contributed by atoms with Crippen LogP contribution in [0, 0.1) is 12.8 Å². The Bertz CT molecular complexity index is 596. The lowest BCUT2D eigenvalue weighted by molar-refractivity contribution is -0.126. The molecule has 2 amide bonds. The highest BCUT2D eigenvalue weighted by molar-refractivity contribution is 6.31. The van der Waals surface area contributed by atoms with E-state index in [1.54, 1.807) is 11.0 Å². The number of anilines is 1. The second-order valence-electron chi connectivity index (χ2n) is 6.33. The van der Waals surface area contributed by atoms with Crippen LogP contribution >= 0.6 is 11.6 Å². The van der Waals surface area contributed by atoms with E-state index in [9.17, 15) is 9.59 Å². The van der Waals surface area contributed by atoms with Crippen molar-refractivity contribution in [2.45, 2.75) is 45.1 Å². The van der Waals surface area contributed by atoms with Gasteiger partial charge in [-0.25, -0.2) is 0 Å². The molecule has 1 aliphatic heterocycles. The third-order valence-electron chi connectivity index (χ3n) is 4.66. The van der Waals surface area contributed by atoms with Crippen LogP contribution in [0.25, 0.3) is 0 Å². The Morgan fingerprint density at radius 2 is 2.05 bits per heavy atom. The fourth-order valence-corrected chi connectivity index (χ4v) is 3.45. The van der Waals surface area contributed by atoms with Gasteiger partial charge in [0.2, 0.25) is 11.8 Å². The molecule has 0 spiro atoms. The molecular weight excluding hydrogens is 300 g/mol. The van der Waals surface area contributed by atoms with Crippen LogP contribution in [0.1, 0.15) is 37.7 Å². The average molecular weight is 321 g/mol. The maximum atomic E-state index is 12.3. The molecule has 1 N–H and O–H groups in total. The topological polar surface area (TPSA) is 49.4 Å². The minimum absolute atomic E-state index is 0.00788. The van der Waals surface area contributed by atoms with Gasteiger partial charge < -0.3 is 10.2 Å². The lowest BCUT2D eigenvalue weighted by atomic mass is 10.1. The third kappa shape index (κ3) is 3.12. The van der Waals surface area contributed by atoms with E-state index in [-0.39, 0.29) is 24.2 Å². The molecule has 1 heterocycles. The van der Waals surface area contributed by atoms with Crippen LogP contribution in [-0.2, 0) is 9.59 Å². The van der Waals surface area contributed by atoms with E-state index in [4.69, 9.17) is 11.6 Å². The maximum Gasteiger partial charge on any atom is 0.227 e. The molecule has 0 radical (unpaired) electrons. The Morgan fingerprint density at radius 3 is 2.73 bits per heavy atom. The molecule has 0 aromatic heterocycles. The van der Waals surface area contributed by atoms with E-state index < -0.39 is 0 Å².